The molecule has 0 aromatic rings. The Labute approximate surface area is 71.5 Å². The van der Waals surface area contributed by atoms with Gasteiger partial charge in [0, 0.05) is 5.03 Å². The van der Waals surface area contributed by atoms with Crippen molar-refractivity contribution in [1.29, 1.82) is 0 Å². The minimum absolute atomic E-state index is 0.593. The standard InChI is InChI=1S/C8H10Cl2/c1-2-6-3-4-7(9)8(10)5-6/h3-4,6H,2,5H2,1H3. The highest BCUT2D eigenvalue weighted by Gasteiger charge is 2.11. The van der Waals surface area contributed by atoms with Gasteiger partial charge in [-0.3, -0.25) is 0 Å². The van der Waals surface area contributed by atoms with Gasteiger partial charge in [0.25, 0.3) is 0 Å². The Morgan fingerprint density at radius 2 is 2.30 bits per heavy atom. The molecule has 56 valence electrons. The van der Waals surface area contributed by atoms with Crippen molar-refractivity contribution in [3.8, 4) is 0 Å². The smallest absolute Gasteiger partial charge is 0.0548 e. The van der Waals surface area contributed by atoms with Crippen LogP contribution in [0.5, 0.6) is 0 Å². The molecule has 1 rings (SSSR count). The van der Waals surface area contributed by atoms with Crippen molar-refractivity contribution in [1.82, 2.24) is 0 Å². The van der Waals surface area contributed by atoms with Crippen molar-refractivity contribution < 1.29 is 0 Å². The summed E-state index contributed by atoms with van der Waals surface area (Å²) in [5.74, 6) is 0.593. The van der Waals surface area contributed by atoms with Crippen LogP contribution >= 0.6 is 23.2 Å². The first kappa shape index (κ1) is 8.16. The molecule has 0 aromatic heterocycles. The van der Waals surface area contributed by atoms with Crippen LogP contribution in [0.2, 0.25) is 0 Å². The van der Waals surface area contributed by atoms with E-state index < -0.39 is 0 Å². The molecule has 1 unspecified atom stereocenters. The third kappa shape index (κ3) is 1.77. The summed E-state index contributed by atoms with van der Waals surface area (Å²) in [6, 6.07) is 0. The molecule has 0 N–H and O–H groups in total. The van der Waals surface area contributed by atoms with Gasteiger partial charge in [-0.05, 0) is 24.8 Å². The number of hydrogen-bond acceptors (Lipinski definition) is 0. The van der Waals surface area contributed by atoms with Crippen LogP contribution in [-0.2, 0) is 0 Å². The summed E-state index contributed by atoms with van der Waals surface area (Å²) in [4.78, 5) is 0. The van der Waals surface area contributed by atoms with Gasteiger partial charge in [0.2, 0.25) is 0 Å². The van der Waals surface area contributed by atoms with Crippen LogP contribution in [0.3, 0.4) is 0 Å². The quantitative estimate of drug-likeness (QED) is 0.573. The van der Waals surface area contributed by atoms with E-state index in [1.807, 2.05) is 6.08 Å². The van der Waals surface area contributed by atoms with E-state index in [1.54, 1.807) is 0 Å². The predicted molar refractivity (Wildman–Crippen MR) is 46.3 cm³/mol. The van der Waals surface area contributed by atoms with Crippen LogP contribution in [0.15, 0.2) is 22.2 Å². The van der Waals surface area contributed by atoms with Crippen LogP contribution in [0.25, 0.3) is 0 Å². The zero-order valence-corrected chi connectivity index (χ0v) is 7.41. The molecule has 1 aliphatic carbocycles. The molecule has 0 spiro atoms. The number of allylic oxidation sites excluding steroid dienone is 4. The molecular weight excluding hydrogens is 167 g/mol. The Morgan fingerprint density at radius 3 is 2.80 bits per heavy atom. The molecule has 1 aliphatic rings. The zero-order valence-electron chi connectivity index (χ0n) is 5.90. The highest BCUT2D eigenvalue weighted by atomic mass is 35.5. The normalized spacial score (nSPS) is 25.7. The molecule has 0 bridgehead atoms. The second-order valence-electron chi connectivity index (χ2n) is 2.48. The zero-order chi connectivity index (χ0) is 7.56. The summed E-state index contributed by atoms with van der Waals surface area (Å²) in [6.07, 6.45) is 6.06. The lowest BCUT2D eigenvalue weighted by atomic mass is 9.98. The summed E-state index contributed by atoms with van der Waals surface area (Å²) in [5, 5.41) is 1.50. The topological polar surface area (TPSA) is 0 Å². The Kier molecular flexibility index (Phi) is 2.82. The first-order valence-corrected chi connectivity index (χ1v) is 4.22. The Bertz CT molecular complexity index is 180. The van der Waals surface area contributed by atoms with E-state index in [2.05, 4.69) is 13.0 Å². The predicted octanol–water partition coefficient (Wildman–Crippen LogP) is 3.66. The summed E-state index contributed by atoms with van der Waals surface area (Å²) in [5.41, 5.74) is 0. The lowest BCUT2D eigenvalue weighted by molar-refractivity contribution is 0.626. The number of halogens is 2. The maximum Gasteiger partial charge on any atom is 0.0548 e. The average molecular weight is 177 g/mol. The first-order chi connectivity index (χ1) is 4.74. The molecule has 0 amide bonds. The van der Waals surface area contributed by atoms with Gasteiger partial charge in [0.1, 0.15) is 0 Å². The van der Waals surface area contributed by atoms with Crippen LogP contribution in [0, 0.1) is 5.92 Å². The lowest BCUT2D eigenvalue weighted by Gasteiger charge is -2.13. The van der Waals surface area contributed by atoms with Crippen molar-refractivity contribution in [3.05, 3.63) is 22.2 Å². The van der Waals surface area contributed by atoms with E-state index in [0.29, 0.717) is 11.0 Å². The van der Waals surface area contributed by atoms with Crippen molar-refractivity contribution in [2.75, 3.05) is 0 Å². The molecule has 0 aromatic carbocycles. The van der Waals surface area contributed by atoms with E-state index in [-0.39, 0.29) is 0 Å². The highest BCUT2D eigenvalue weighted by molar-refractivity contribution is 6.40. The molecule has 0 saturated carbocycles. The summed E-state index contributed by atoms with van der Waals surface area (Å²) >= 11 is 11.6. The average Bonchev–Trinajstić information content (AvgIpc) is 1.95. The monoisotopic (exact) mass is 176 g/mol. The molecule has 0 fully saturated rings. The van der Waals surface area contributed by atoms with Gasteiger partial charge in [-0.2, -0.15) is 0 Å². The Hall–Kier alpha value is 0.0600. The largest absolute Gasteiger partial charge is 0.0875 e. The van der Waals surface area contributed by atoms with E-state index in [1.165, 1.54) is 0 Å². The maximum absolute atomic E-state index is 5.84. The van der Waals surface area contributed by atoms with Crippen LogP contribution in [0.4, 0.5) is 0 Å². The van der Waals surface area contributed by atoms with Crippen molar-refractivity contribution in [3.63, 3.8) is 0 Å². The second kappa shape index (κ2) is 3.45. The maximum atomic E-state index is 5.84. The van der Waals surface area contributed by atoms with Crippen molar-refractivity contribution in [2.45, 2.75) is 19.8 Å². The third-order valence-corrected chi connectivity index (χ3v) is 2.55. The van der Waals surface area contributed by atoms with Crippen molar-refractivity contribution >= 4 is 23.2 Å². The van der Waals surface area contributed by atoms with Gasteiger partial charge in [-0.25, -0.2) is 0 Å². The van der Waals surface area contributed by atoms with Crippen LogP contribution in [0.1, 0.15) is 19.8 Å². The summed E-state index contributed by atoms with van der Waals surface area (Å²) < 4.78 is 0. The summed E-state index contributed by atoms with van der Waals surface area (Å²) in [7, 11) is 0. The first-order valence-electron chi connectivity index (χ1n) is 3.46. The highest BCUT2D eigenvalue weighted by Crippen LogP contribution is 2.29. The fraction of sp³-hybridized carbons (Fsp3) is 0.500. The molecule has 1 atom stereocenters. The van der Waals surface area contributed by atoms with Gasteiger partial charge in [0.05, 0.1) is 5.03 Å². The van der Waals surface area contributed by atoms with E-state index in [4.69, 9.17) is 23.2 Å². The van der Waals surface area contributed by atoms with Gasteiger partial charge >= 0.3 is 0 Å². The minimum atomic E-state index is 0.593. The van der Waals surface area contributed by atoms with Gasteiger partial charge in [-0.1, -0.05) is 36.2 Å². The molecule has 0 heterocycles. The fourth-order valence-electron chi connectivity index (χ4n) is 0.987. The number of hydrogen-bond donors (Lipinski definition) is 0. The van der Waals surface area contributed by atoms with Crippen molar-refractivity contribution in [2.24, 2.45) is 5.92 Å². The Balaban J connectivity index is 2.65. The van der Waals surface area contributed by atoms with E-state index in [9.17, 15) is 0 Å². The van der Waals surface area contributed by atoms with Gasteiger partial charge in [-0.15, -0.1) is 0 Å². The van der Waals surface area contributed by atoms with Gasteiger partial charge < -0.3 is 0 Å². The minimum Gasteiger partial charge on any atom is -0.0875 e. The second-order valence-corrected chi connectivity index (χ2v) is 3.35. The molecule has 0 saturated heterocycles. The number of rotatable bonds is 1. The fourth-order valence-corrected chi connectivity index (χ4v) is 1.40. The van der Waals surface area contributed by atoms with Crippen LogP contribution < -0.4 is 0 Å². The molecule has 0 nitrogen and oxygen atoms in total. The molecular formula is C8H10Cl2. The molecule has 2 heteroatoms. The summed E-state index contributed by atoms with van der Waals surface area (Å²) in [6.45, 7) is 2.15. The molecule has 0 aliphatic heterocycles. The lowest BCUT2D eigenvalue weighted by Crippen LogP contribution is -1.98. The SMILES string of the molecule is CCC1C=CC(Cl)=C(Cl)C1. The Morgan fingerprint density at radius 1 is 1.60 bits per heavy atom. The molecule has 0 radical (unpaired) electrons. The van der Waals surface area contributed by atoms with E-state index in [0.717, 1.165) is 17.9 Å². The van der Waals surface area contributed by atoms with E-state index >= 15 is 0 Å². The van der Waals surface area contributed by atoms with Gasteiger partial charge in [0.15, 0.2) is 0 Å². The van der Waals surface area contributed by atoms with Crippen LogP contribution in [-0.4, -0.2) is 0 Å². The molecule has 10 heavy (non-hydrogen) atoms. The third-order valence-electron chi connectivity index (χ3n) is 1.74.